The van der Waals surface area contributed by atoms with Gasteiger partial charge in [-0.3, -0.25) is 5.10 Å². The molecule has 0 fully saturated rings. The van der Waals surface area contributed by atoms with E-state index in [4.69, 9.17) is 9.47 Å². The molecule has 2 rings (SSSR count). The molecule has 1 aromatic heterocycles. The van der Waals surface area contributed by atoms with Gasteiger partial charge in [0.2, 0.25) is 5.16 Å². The number of methoxy groups -OCH3 is 1. The van der Waals surface area contributed by atoms with Gasteiger partial charge < -0.3 is 14.6 Å². The van der Waals surface area contributed by atoms with E-state index in [9.17, 15) is 5.11 Å². The van der Waals surface area contributed by atoms with E-state index < -0.39 is 6.10 Å². The fraction of sp³-hybridized carbons (Fsp3) is 0.412. The molecule has 1 atom stereocenters. The van der Waals surface area contributed by atoms with E-state index in [1.807, 2.05) is 31.2 Å². The Morgan fingerprint density at radius 1 is 1.42 bits per heavy atom. The van der Waals surface area contributed by atoms with Crippen LogP contribution in [0.1, 0.15) is 18.3 Å². The van der Waals surface area contributed by atoms with Crippen molar-refractivity contribution in [1.29, 1.82) is 0 Å². The highest BCUT2D eigenvalue weighted by atomic mass is 32.2. The van der Waals surface area contributed by atoms with Gasteiger partial charge in [0.25, 0.3) is 0 Å². The average molecular weight is 349 g/mol. The molecule has 0 saturated carbocycles. The summed E-state index contributed by atoms with van der Waals surface area (Å²) >= 11 is 1.39. The summed E-state index contributed by atoms with van der Waals surface area (Å²) in [6.45, 7) is 5.91. The summed E-state index contributed by atoms with van der Waals surface area (Å²) in [5, 5.41) is 17.6. The van der Waals surface area contributed by atoms with Crippen molar-refractivity contribution in [3.8, 4) is 11.5 Å². The number of thioether (sulfide) groups is 1. The van der Waals surface area contributed by atoms with Gasteiger partial charge in [0, 0.05) is 12.2 Å². The summed E-state index contributed by atoms with van der Waals surface area (Å²) in [6, 6.07) is 5.72. The lowest BCUT2D eigenvalue weighted by Gasteiger charge is -2.14. The van der Waals surface area contributed by atoms with Gasteiger partial charge in [0.15, 0.2) is 11.5 Å². The van der Waals surface area contributed by atoms with Crippen molar-refractivity contribution in [3.63, 3.8) is 0 Å². The van der Waals surface area contributed by atoms with Gasteiger partial charge in [-0.15, -0.1) is 11.7 Å². The van der Waals surface area contributed by atoms with Crippen LogP contribution in [0.2, 0.25) is 0 Å². The van der Waals surface area contributed by atoms with Gasteiger partial charge in [0.1, 0.15) is 12.4 Å². The number of allylic oxidation sites excluding steroid dienone is 1. The fourth-order valence-electron chi connectivity index (χ4n) is 2.03. The smallest absolute Gasteiger partial charge is 0.208 e. The maximum atomic E-state index is 10.1. The number of H-pyrrole nitrogens is 1. The van der Waals surface area contributed by atoms with Crippen molar-refractivity contribution in [2.24, 2.45) is 0 Å². The third-order valence-corrected chi connectivity index (χ3v) is 4.28. The van der Waals surface area contributed by atoms with Gasteiger partial charge in [0.05, 0.1) is 13.2 Å². The molecular formula is C17H23N3O3S. The van der Waals surface area contributed by atoms with Crippen LogP contribution < -0.4 is 9.47 Å². The number of aliphatic hydroxyl groups excluding tert-OH is 1. The lowest BCUT2D eigenvalue weighted by Crippen LogP contribution is -2.20. The summed E-state index contributed by atoms with van der Waals surface area (Å²) in [5.41, 5.74) is 1.10. The van der Waals surface area contributed by atoms with Gasteiger partial charge in [-0.05, 0) is 24.1 Å². The van der Waals surface area contributed by atoms with E-state index in [1.165, 1.54) is 11.8 Å². The highest BCUT2D eigenvalue weighted by Gasteiger charge is 2.11. The molecule has 0 radical (unpaired) electrons. The summed E-state index contributed by atoms with van der Waals surface area (Å²) in [4.78, 5) is 4.29. The van der Waals surface area contributed by atoms with Crippen LogP contribution in [0, 0.1) is 0 Å². The summed E-state index contributed by atoms with van der Waals surface area (Å²) in [5.74, 6) is 2.56. The highest BCUT2D eigenvalue weighted by molar-refractivity contribution is 7.99. The molecule has 24 heavy (non-hydrogen) atoms. The zero-order valence-electron chi connectivity index (χ0n) is 14.0. The predicted octanol–water partition coefficient (Wildman–Crippen LogP) is 2.64. The largest absolute Gasteiger partial charge is 0.493 e. The molecule has 0 aliphatic heterocycles. The lowest BCUT2D eigenvalue weighted by atomic mass is 10.1. The van der Waals surface area contributed by atoms with E-state index in [-0.39, 0.29) is 6.61 Å². The molecule has 1 heterocycles. The first-order valence-corrected chi connectivity index (χ1v) is 8.77. The second-order valence-corrected chi connectivity index (χ2v) is 6.16. The molecule has 0 bridgehead atoms. The summed E-state index contributed by atoms with van der Waals surface area (Å²) < 4.78 is 11.0. The van der Waals surface area contributed by atoms with Crippen LogP contribution in [0.25, 0.3) is 0 Å². The Bertz CT molecular complexity index is 660. The molecule has 0 amide bonds. The number of ether oxygens (including phenoxy) is 2. The molecule has 0 aliphatic carbocycles. The number of hydrogen-bond acceptors (Lipinski definition) is 6. The van der Waals surface area contributed by atoms with E-state index in [1.54, 1.807) is 7.11 Å². The van der Waals surface area contributed by atoms with Crippen molar-refractivity contribution >= 4 is 11.8 Å². The summed E-state index contributed by atoms with van der Waals surface area (Å²) in [7, 11) is 1.60. The molecule has 6 nitrogen and oxygen atoms in total. The van der Waals surface area contributed by atoms with E-state index >= 15 is 0 Å². The topological polar surface area (TPSA) is 80.3 Å². The molecule has 1 aromatic carbocycles. The first-order valence-electron chi connectivity index (χ1n) is 7.79. The third kappa shape index (κ3) is 5.28. The molecule has 0 aliphatic rings. The van der Waals surface area contributed by atoms with Crippen molar-refractivity contribution < 1.29 is 14.6 Å². The Morgan fingerprint density at radius 2 is 2.25 bits per heavy atom. The number of aromatic nitrogens is 3. The monoisotopic (exact) mass is 349 g/mol. The number of aliphatic hydroxyl groups is 1. The second-order valence-electron chi connectivity index (χ2n) is 5.17. The van der Waals surface area contributed by atoms with Gasteiger partial charge in [-0.1, -0.05) is 30.8 Å². The minimum atomic E-state index is -0.629. The number of hydrogen-bond donors (Lipinski definition) is 2. The van der Waals surface area contributed by atoms with Gasteiger partial charge in [-0.25, -0.2) is 4.98 Å². The number of aromatic amines is 1. The zero-order chi connectivity index (χ0) is 17.4. The summed E-state index contributed by atoms with van der Waals surface area (Å²) in [6.07, 6.45) is 2.78. The van der Waals surface area contributed by atoms with Crippen LogP contribution in [-0.2, 0) is 12.8 Å². The lowest BCUT2D eigenvalue weighted by molar-refractivity contribution is 0.124. The molecule has 0 saturated heterocycles. The van der Waals surface area contributed by atoms with Gasteiger partial charge >= 0.3 is 0 Å². The molecule has 1 unspecified atom stereocenters. The van der Waals surface area contributed by atoms with E-state index in [0.29, 0.717) is 22.4 Å². The molecule has 2 N–H and O–H groups in total. The molecule has 130 valence electrons. The van der Waals surface area contributed by atoms with E-state index in [0.717, 1.165) is 24.2 Å². The van der Waals surface area contributed by atoms with Crippen molar-refractivity contribution in [1.82, 2.24) is 15.2 Å². The quantitative estimate of drug-likeness (QED) is 0.507. The Balaban J connectivity index is 1.84. The highest BCUT2D eigenvalue weighted by Crippen LogP contribution is 2.28. The SMILES string of the molecule is C=CCc1ccc(OCC(O)CSc2n[nH]c(CC)n2)c(OC)c1. The zero-order valence-corrected chi connectivity index (χ0v) is 14.8. The first kappa shape index (κ1) is 18.4. The number of rotatable bonds is 10. The van der Waals surface area contributed by atoms with Crippen molar-refractivity contribution in [3.05, 3.63) is 42.2 Å². The number of aryl methyl sites for hydroxylation is 1. The Morgan fingerprint density at radius 3 is 2.92 bits per heavy atom. The number of benzene rings is 1. The molecular weight excluding hydrogens is 326 g/mol. The molecule has 7 heteroatoms. The molecule has 2 aromatic rings. The standard InChI is InChI=1S/C17H23N3O3S/c1-4-6-12-7-8-14(15(9-12)22-3)23-10-13(21)11-24-17-18-16(5-2)19-20-17/h4,7-9,13,21H,1,5-6,10-11H2,2-3H3,(H,18,19,20). The van der Waals surface area contributed by atoms with Crippen molar-refractivity contribution in [2.45, 2.75) is 31.0 Å². The van der Waals surface area contributed by atoms with Crippen LogP contribution in [0.5, 0.6) is 11.5 Å². The van der Waals surface area contributed by atoms with Gasteiger partial charge in [-0.2, -0.15) is 0 Å². The average Bonchev–Trinajstić information content (AvgIpc) is 3.07. The number of nitrogens with zero attached hydrogens (tertiary/aromatic N) is 2. The third-order valence-electron chi connectivity index (χ3n) is 3.29. The first-order chi connectivity index (χ1) is 11.7. The maximum absolute atomic E-state index is 10.1. The Hall–Kier alpha value is -1.99. The second kappa shape index (κ2) is 9.34. The van der Waals surface area contributed by atoms with Crippen LogP contribution in [0.15, 0.2) is 36.0 Å². The van der Waals surface area contributed by atoms with Crippen LogP contribution in [-0.4, -0.2) is 45.9 Å². The number of nitrogens with one attached hydrogen (secondary N) is 1. The minimum absolute atomic E-state index is 0.176. The Kier molecular flexibility index (Phi) is 7.14. The Labute approximate surface area is 146 Å². The minimum Gasteiger partial charge on any atom is -0.493 e. The van der Waals surface area contributed by atoms with Crippen LogP contribution in [0.3, 0.4) is 0 Å². The van der Waals surface area contributed by atoms with Crippen molar-refractivity contribution in [2.75, 3.05) is 19.5 Å². The normalized spacial score (nSPS) is 12.0. The fourth-order valence-corrected chi connectivity index (χ4v) is 2.75. The maximum Gasteiger partial charge on any atom is 0.208 e. The predicted molar refractivity (Wildman–Crippen MR) is 94.9 cm³/mol. The van der Waals surface area contributed by atoms with Crippen LogP contribution in [0.4, 0.5) is 0 Å². The van der Waals surface area contributed by atoms with E-state index in [2.05, 4.69) is 21.8 Å². The molecule has 0 spiro atoms. The van der Waals surface area contributed by atoms with Crippen LogP contribution >= 0.6 is 11.8 Å².